The van der Waals surface area contributed by atoms with E-state index in [2.05, 4.69) is 88.3 Å². The zero-order valence-electron chi connectivity index (χ0n) is 18.8. The molecule has 32 heavy (non-hydrogen) atoms. The highest BCUT2D eigenvalue weighted by molar-refractivity contribution is 7.17. The first kappa shape index (κ1) is 21.0. The first-order valence-corrected chi connectivity index (χ1v) is 12.0. The fourth-order valence-electron chi connectivity index (χ4n) is 4.49. The molecule has 7 heteroatoms. The zero-order chi connectivity index (χ0) is 22.2. The van der Waals surface area contributed by atoms with E-state index in [0.717, 1.165) is 36.0 Å². The second kappa shape index (κ2) is 8.56. The number of aromatic nitrogens is 3. The number of nitrogens with zero attached hydrogens (tertiary/aromatic N) is 5. The molecule has 0 saturated carbocycles. The van der Waals surface area contributed by atoms with Crippen molar-refractivity contribution in [2.24, 2.45) is 0 Å². The van der Waals surface area contributed by atoms with Gasteiger partial charge < -0.3 is 10.0 Å². The Labute approximate surface area is 192 Å². The van der Waals surface area contributed by atoms with Gasteiger partial charge in [0.05, 0.1) is 10.9 Å². The largest absolute Gasteiger partial charge is 0.492 e. The van der Waals surface area contributed by atoms with Crippen LogP contribution in [0.3, 0.4) is 0 Å². The van der Waals surface area contributed by atoms with Crippen molar-refractivity contribution < 1.29 is 5.11 Å². The van der Waals surface area contributed by atoms with Crippen molar-refractivity contribution in [2.75, 3.05) is 31.1 Å². The van der Waals surface area contributed by atoms with Crippen LogP contribution in [0, 0.1) is 6.92 Å². The minimum Gasteiger partial charge on any atom is -0.492 e. The van der Waals surface area contributed by atoms with Crippen molar-refractivity contribution in [3.63, 3.8) is 0 Å². The molecule has 0 radical (unpaired) electrons. The van der Waals surface area contributed by atoms with Crippen molar-refractivity contribution in [1.29, 1.82) is 0 Å². The topological polar surface area (TPSA) is 56.9 Å². The Balaban J connectivity index is 1.48. The molecular weight excluding hydrogens is 418 g/mol. The summed E-state index contributed by atoms with van der Waals surface area (Å²) >= 11 is 1.53. The van der Waals surface area contributed by atoms with Crippen LogP contribution in [0.15, 0.2) is 54.6 Å². The molecule has 0 amide bonds. The van der Waals surface area contributed by atoms with Crippen LogP contribution in [0.4, 0.5) is 5.69 Å². The normalized spacial score (nSPS) is 16.2. The van der Waals surface area contributed by atoms with Crippen LogP contribution in [-0.2, 0) is 0 Å². The maximum Gasteiger partial charge on any atom is 0.230 e. The molecule has 6 nitrogen and oxygen atoms in total. The highest BCUT2D eigenvalue weighted by atomic mass is 32.1. The summed E-state index contributed by atoms with van der Waals surface area (Å²) < 4.78 is 1.57. The Bertz CT molecular complexity index is 1190. The third-order valence-corrected chi connectivity index (χ3v) is 7.35. The van der Waals surface area contributed by atoms with Crippen molar-refractivity contribution in [2.45, 2.75) is 32.7 Å². The molecular formula is C25H29N5OS. The van der Waals surface area contributed by atoms with E-state index in [1.807, 2.05) is 6.92 Å². The minimum absolute atomic E-state index is 0.0251. The van der Waals surface area contributed by atoms with Crippen molar-refractivity contribution in [3.05, 3.63) is 76.4 Å². The maximum absolute atomic E-state index is 11.1. The number of para-hydroxylation sites is 1. The molecule has 2 aromatic heterocycles. The Morgan fingerprint density at radius 2 is 1.56 bits per heavy atom. The number of fused-ring (bicyclic) bond motifs is 1. The van der Waals surface area contributed by atoms with E-state index in [9.17, 15) is 5.11 Å². The fourth-order valence-corrected chi connectivity index (χ4v) is 5.66. The summed E-state index contributed by atoms with van der Waals surface area (Å²) in [4.78, 5) is 11.0. The average molecular weight is 448 g/mol. The first-order chi connectivity index (χ1) is 15.5. The molecule has 3 heterocycles. The van der Waals surface area contributed by atoms with Gasteiger partial charge in [0, 0.05) is 31.9 Å². The van der Waals surface area contributed by atoms with E-state index < -0.39 is 0 Å². The third-order valence-electron chi connectivity index (χ3n) is 6.27. The van der Waals surface area contributed by atoms with Crippen LogP contribution in [0.5, 0.6) is 5.88 Å². The van der Waals surface area contributed by atoms with Gasteiger partial charge in [-0.15, -0.1) is 5.10 Å². The molecule has 0 spiro atoms. The molecule has 0 bridgehead atoms. The SMILES string of the molecule is Cc1nc2sc(C(c3ccc(C(C)C)cc3)N3CCN(c4ccccc4)CC3)c(O)n2n1. The molecule has 4 aromatic rings. The van der Waals surface area contributed by atoms with Crippen LogP contribution in [0.1, 0.15) is 47.6 Å². The van der Waals surface area contributed by atoms with Gasteiger partial charge in [-0.25, -0.2) is 4.98 Å². The standard InChI is InChI=1S/C25H29N5OS/c1-17(2)19-9-11-20(12-10-19)22(23-24(31)30-25(32-23)26-18(3)27-30)29-15-13-28(14-16-29)21-7-5-4-6-8-21/h4-12,17,22,31H,13-16H2,1-3H3. The predicted octanol–water partition coefficient (Wildman–Crippen LogP) is 4.84. The molecule has 1 aliphatic rings. The van der Waals surface area contributed by atoms with Crippen LogP contribution in [-0.4, -0.2) is 50.8 Å². The minimum atomic E-state index is -0.0251. The van der Waals surface area contributed by atoms with Gasteiger partial charge >= 0.3 is 0 Å². The van der Waals surface area contributed by atoms with E-state index in [1.165, 1.54) is 28.2 Å². The van der Waals surface area contributed by atoms with Gasteiger partial charge in [0.25, 0.3) is 0 Å². The van der Waals surface area contributed by atoms with Crippen molar-refractivity contribution >= 4 is 22.0 Å². The molecule has 0 aliphatic carbocycles. The lowest BCUT2D eigenvalue weighted by atomic mass is 9.97. The Hall–Kier alpha value is -2.90. The summed E-state index contributed by atoms with van der Waals surface area (Å²) in [6.45, 7) is 10.0. The monoisotopic (exact) mass is 447 g/mol. The first-order valence-electron chi connectivity index (χ1n) is 11.2. The molecule has 1 saturated heterocycles. The van der Waals surface area contributed by atoms with Crippen LogP contribution < -0.4 is 4.90 Å². The lowest BCUT2D eigenvalue weighted by Gasteiger charge is -2.40. The average Bonchev–Trinajstić information content (AvgIpc) is 3.32. The summed E-state index contributed by atoms with van der Waals surface area (Å²) in [5.74, 6) is 1.36. The van der Waals surface area contributed by atoms with Gasteiger partial charge in [-0.1, -0.05) is 67.6 Å². The van der Waals surface area contributed by atoms with Gasteiger partial charge in [-0.3, -0.25) is 4.90 Å². The van der Waals surface area contributed by atoms with Gasteiger partial charge in [0.1, 0.15) is 5.82 Å². The van der Waals surface area contributed by atoms with E-state index in [-0.39, 0.29) is 11.9 Å². The number of hydrogen-bond donors (Lipinski definition) is 1. The summed E-state index contributed by atoms with van der Waals surface area (Å²) in [5.41, 5.74) is 3.78. The third kappa shape index (κ3) is 3.87. The smallest absolute Gasteiger partial charge is 0.230 e. The molecule has 1 unspecified atom stereocenters. The number of aryl methyl sites for hydroxylation is 1. The number of benzene rings is 2. The quantitative estimate of drug-likeness (QED) is 0.474. The van der Waals surface area contributed by atoms with Crippen LogP contribution in [0.2, 0.25) is 0 Å². The van der Waals surface area contributed by atoms with E-state index in [4.69, 9.17) is 0 Å². The molecule has 1 N–H and O–H groups in total. The Kier molecular flexibility index (Phi) is 5.61. The van der Waals surface area contributed by atoms with E-state index in [0.29, 0.717) is 11.7 Å². The number of aromatic hydroxyl groups is 1. The van der Waals surface area contributed by atoms with Crippen LogP contribution in [0.25, 0.3) is 4.96 Å². The number of hydrogen-bond acceptors (Lipinski definition) is 6. The lowest BCUT2D eigenvalue weighted by Crippen LogP contribution is -2.47. The molecule has 1 fully saturated rings. The summed E-state index contributed by atoms with van der Waals surface area (Å²) in [6.07, 6.45) is 0. The highest BCUT2D eigenvalue weighted by Crippen LogP contribution is 2.40. The molecule has 166 valence electrons. The number of rotatable bonds is 5. The fraction of sp³-hybridized carbons (Fsp3) is 0.360. The molecule has 5 rings (SSSR count). The van der Waals surface area contributed by atoms with Gasteiger partial charge in [-0.2, -0.15) is 4.52 Å². The molecule has 2 aromatic carbocycles. The van der Waals surface area contributed by atoms with Gasteiger partial charge in [-0.05, 0) is 36.1 Å². The van der Waals surface area contributed by atoms with E-state index >= 15 is 0 Å². The summed E-state index contributed by atoms with van der Waals surface area (Å²) in [5, 5.41) is 15.5. The number of anilines is 1. The van der Waals surface area contributed by atoms with Crippen molar-refractivity contribution in [1.82, 2.24) is 19.5 Å². The summed E-state index contributed by atoms with van der Waals surface area (Å²) in [6, 6.07) is 19.4. The lowest BCUT2D eigenvalue weighted by molar-refractivity contribution is 0.211. The Morgan fingerprint density at radius 3 is 2.19 bits per heavy atom. The number of piperazine rings is 1. The van der Waals surface area contributed by atoms with Crippen molar-refractivity contribution in [3.8, 4) is 5.88 Å². The zero-order valence-corrected chi connectivity index (χ0v) is 19.6. The second-order valence-corrected chi connectivity index (χ2v) is 9.73. The molecule has 1 atom stereocenters. The maximum atomic E-state index is 11.1. The van der Waals surface area contributed by atoms with Crippen LogP contribution >= 0.6 is 11.3 Å². The second-order valence-electron chi connectivity index (χ2n) is 8.73. The summed E-state index contributed by atoms with van der Waals surface area (Å²) in [7, 11) is 0. The van der Waals surface area contributed by atoms with Gasteiger partial charge in [0.2, 0.25) is 10.8 Å². The number of thiazole rings is 1. The molecule has 1 aliphatic heterocycles. The van der Waals surface area contributed by atoms with E-state index in [1.54, 1.807) is 4.52 Å². The predicted molar refractivity (Wildman–Crippen MR) is 130 cm³/mol. The Morgan fingerprint density at radius 1 is 0.906 bits per heavy atom. The highest BCUT2D eigenvalue weighted by Gasteiger charge is 2.31. The van der Waals surface area contributed by atoms with Gasteiger partial charge in [0.15, 0.2) is 0 Å².